The third kappa shape index (κ3) is 7.23. The molecule has 0 saturated heterocycles. The molecule has 0 heterocycles. The van der Waals surface area contributed by atoms with E-state index in [0.717, 1.165) is 0 Å². The first-order chi connectivity index (χ1) is 7.34. The number of benzene rings is 1. The predicted octanol–water partition coefficient (Wildman–Crippen LogP) is 2.77. The minimum absolute atomic E-state index is 0.0833. The van der Waals surface area contributed by atoms with Gasteiger partial charge in [-0.1, -0.05) is 0 Å². The summed E-state index contributed by atoms with van der Waals surface area (Å²) >= 11 is -2.18. The van der Waals surface area contributed by atoms with Crippen LogP contribution in [0.25, 0.3) is 0 Å². The molecule has 1 aromatic carbocycles. The Balaban J connectivity index is 0.000000487. The van der Waals surface area contributed by atoms with Crippen LogP contribution >= 0.6 is 25.5 Å². The third-order valence-corrected chi connectivity index (χ3v) is 1.38. The molecule has 0 radical (unpaired) electrons. The average Bonchev–Trinajstić information content (AvgIpc) is 2.17. The number of carbonyl (C=O) groups is 2. The molecule has 0 fully saturated rings. The summed E-state index contributed by atoms with van der Waals surface area (Å²) in [5.74, 6) is -2.13. The molecular weight excluding hydrogens is 475 g/mol. The van der Waals surface area contributed by atoms with E-state index in [1.165, 1.54) is 24.3 Å². The second kappa shape index (κ2) is 8.07. The Morgan fingerprint density at radius 3 is 1.19 bits per heavy atom. The van der Waals surface area contributed by atoms with Crippen molar-refractivity contribution in [2.45, 2.75) is 0 Å². The number of carboxylic acid groups (broad SMARTS) is 2. The maximum absolute atomic E-state index is 10.3. The molecular formula is C8H6BiCl3O4. The summed E-state index contributed by atoms with van der Waals surface area (Å²) in [6, 6.07) is 5.02. The fraction of sp³-hybridized carbons (Fsp3) is 0. The third-order valence-electron chi connectivity index (χ3n) is 1.38. The molecule has 0 aromatic heterocycles. The first kappa shape index (κ1) is 15.9. The van der Waals surface area contributed by atoms with E-state index in [1.54, 1.807) is 0 Å². The fourth-order valence-corrected chi connectivity index (χ4v) is 0.755. The molecule has 2 N–H and O–H groups in total. The Hall–Kier alpha value is -0.0869. The molecule has 8 heteroatoms. The number of hydrogen-bond acceptors (Lipinski definition) is 2. The summed E-state index contributed by atoms with van der Waals surface area (Å²) in [7, 11) is 15.0. The van der Waals surface area contributed by atoms with Crippen molar-refractivity contribution in [2.24, 2.45) is 0 Å². The molecule has 0 saturated carbocycles. The molecule has 0 amide bonds. The van der Waals surface area contributed by atoms with Crippen molar-refractivity contribution in [1.82, 2.24) is 0 Å². The van der Waals surface area contributed by atoms with E-state index in [4.69, 9.17) is 35.8 Å². The van der Waals surface area contributed by atoms with Gasteiger partial charge in [0.15, 0.2) is 0 Å². The summed E-state index contributed by atoms with van der Waals surface area (Å²) in [5, 5.41) is 16.9. The molecule has 16 heavy (non-hydrogen) atoms. The molecule has 0 aliphatic carbocycles. The van der Waals surface area contributed by atoms with Crippen LogP contribution in [0.3, 0.4) is 0 Å². The van der Waals surface area contributed by atoms with Gasteiger partial charge < -0.3 is 10.2 Å². The summed E-state index contributed by atoms with van der Waals surface area (Å²) in [6.45, 7) is 0. The number of halogens is 3. The second-order valence-electron chi connectivity index (χ2n) is 2.38. The topological polar surface area (TPSA) is 74.6 Å². The van der Waals surface area contributed by atoms with Crippen LogP contribution in [0, 0.1) is 0 Å². The van der Waals surface area contributed by atoms with Crippen molar-refractivity contribution in [3.8, 4) is 0 Å². The van der Waals surface area contributed by atoms with Gasteiger partial charge in [0.1, 0.15) is 0 Å². The SMILES string of the molecule is O=C(O)c1ccc(C(=O)O)cc1.[Cl][Bi]([Cl])[Cl]. The molecule has 4 nitrogen and oxygen atoms in total. The molecule has 0 aliphatic rings. The monoisotopic (exact) mass is 480 g/mol. The van der Waals surface area contributed by atoms with Crippen LogP contribution in [-0.4, -0.2) is 40.3 Å². The first-order valence-electron chi connectivity index (χ1n) is 3.68. The Morgan fingerprint density at radius 2 is 1.06 bits per heavy atom. The number of rotatable bonds is 2. The van der Waals surface area contributed by atoms with Crippen molar-refractivity contribution >= 4 is 55.6 Å². The summed E-state index contributed by atoms with van der Waals surface area (Å²) in [5.41, 5.74) is 0.167. The second-order valence-corrected chi connectivity index (χ2v) is 17.3. The summed E-state index contributed by atoms with van der Waals surface area (Å²) in [4.78, 5) is 20.7. The predicted molar refractivity (Wildman–Crippen MR) is 63.7 cm³/mol. The number of carboxylic acids is 2. The van der Waals surface area contributed by atoms with E-state index >= 15 is 0 Å². The Kier molecular flexibility index (Phi) is 8.03. The van der Waals surface area contributed by atoms with Gasteiger partial charge in [-0.15, -0.1) is 0 Å². The van der Waals surface area contributed by atoms with Gasteiger partial charge in [-0.2, -0.15) is 0 Å². The van der Waals surface area contributed by atoms with E-state index in [2.05, 4.69) is 0 Å². The molecule has 88 valence electrons. The van der Waals surface area contributed by atoms with Crippen LogP contribution in [0.2, 0.25) is 0 Å². The molecule has 1 rings (SSSR count). The average molecular weight is 481 g/mol. The number of aromatic carboxylic acids is 2. The Labute approximate surface area is 110 Å². The van der Waals surface area contributed by atoms with Gasteiger partial charge in [0.05, 0.1) is 11.1 Å². The minimum atomic E-state index is -2.18. The van der Waals surface area contributed by atoms with Gasteiger partial charge in [0.25, 0.3) is 0 Å². The zero-order chi connectivity index (χ0) is 12.7. The van der Waals surface area contributed by atoms with Gasteiger partial charge in [0, 0.05) is 0 Å². The molecule has 0 unspecified atom stereocenters. The van der Waals surface area contributed by atoms with E-state index in [9.17, 15) is 9.59 Å². The van der Waals surface area contributed by atoms with E-state index in [1.807, 2.05) is 0 Å². The van der Waals surface area contributed by atoms with Crippen molar-refractivity contribution in [3.63, 3.8) is 0 Å². The number of hydrogen-bond donors (Lipinski definition) is 2. The molecule has 0 spiro atoms. The van der Waals surface area contributed by atoms with Crippen LogP contribution in [0.5, 0.6) is 0 Å². The van der Waals surface area contributed by atoms with Crippen molar-refractivity contribution in [3.05, 3.63) is 35.4 Å². The molecule has 0 aliphatic heterocycles. The van der Waals surface area contributed by atoms with Gasteiger partial charge in [-0.25, -0.2) is 9.59 Å². The van der Waals surface area contributed by atoms with E-state index < -0.39 is 30.1 Å². The maximum atomic E-state index is 10.3. The normalized spacial score (nSPS) is 9.25. The zero-order valence-electron chi connectivity index (χ0n) is 7.60. The van der Waals surface area contributed by atoms with Gasteiger partial charge in [0.2, 0.25) is 0 Å². The van der Waals surface area contributed by atoms with Crippen LogP contribution < -0.4 is 0 Å². The van der Waals surface area contributed by atoms with Gasteiger partial charge in [-0.3, -0.25) is 0 Å². The fourth-order valence-electron chi connectivity index (χ4n) is 0.755. The Bertz CT molecular complexity index is 330. The first-order valence-corrected chi connectivity index (χ1v) is 16.5. The molecule has 1 aromatic rings. The Morgan fingerprint density at radius 1 is 0.875 bits per heavy atom. The standard InChI is InChI=1S/C8H6O4.Bi.3ClH/c9-7(10)5-1-2-6(4-3-5)8(11)12;;;;/h1-4H,(H,9,10)(H,11,12);;3*1H/q;+3;;;/p-3. The van der Waals surface area contributed by atoms with E-state index in [0.29, 0.717) is 0 Å². The van der Waals surface area contributed by atoms with Crippen LogP contribution in [-0.2, 0) is 0 Å². The molecule has 0 atom stereocenters. The van der Waals surface area contributed by atoms with Gasteiger partial charge in [-0.05, 0) is 24.3 Å². The quantitative estimate of drug-likeness (QED) is 0.638. The van der Waals surface area contributed by atoms with Crippen LogP contribution in [0.15, 0.2) is 24.3 Å². The van der Waals surface area contributed by atoms with Crippen LogP contribution in [0.1, 0.15) is 20.7 Å². The summed E-state index contributed by atoms with van der Waals surface area (Å²) in [6.07, 6.45) is 0. The van der Waals surface area contributed by atoms with E-state index in [-0.39, 0.29) is 11.1 Å². The van der Waals surface area contributed by atoms with Crippen molar-refractivity contribution < 1.29 is 19.8 Å². The van der Waals surface area contributed by atoms with Gasteiger partial charge >= 0.3 is 55.6 Å². The zero-order valence-corrected chi connectivity index (χ0v) is 13.3. The molecule has 0 bridgehead atoms. The van der Waals surface area contributed by atoms with Crippen molar-refractivity contribution in [2.75, 3.05) is 0 Å². The van der Waals surface area contributed by atoms with Crippen LogP contribution in [0.4, 0.5) is 0 Å². The summed E-state index contributed by atoms with van der Waals surface area (Å²) < 4.78 is 0. The van der Waals surface area contributed by atoms with Crippen molar-refractivity contribution in [1.29, 1.82) is 0 Å².